The molecule has 3 aromatic rings. The standard InChI is InChI=1S/C20H21FN4OS/c21-15-10-16(18-17(11-15)23-20(27)24-18)19(26)22-7-3-8-25-9-6-13-4-1-2-5-14(13)12-25/h1-2,4-5,10-11H,3,6-9,12H2,(H,22,26)(H2,23,24,27). The fraction of sp³-hybridized carbons (Fsp3) is 0.300. The molecular weight excluding hydrogens is 363 g/mol. The van der Waals surface area contributed by atoms with Crippen molar-refractivity contribution < 1.29 is 9.18 Å². The molecule has 0 fully saturated rings. The Morgan fingerprint density at radius 2 is 2.04 bits per heavy atom. The molecule has 7 heteroatoms. The van der Waals surface area contributed by atoms with Gasteiger partial charge >= 0.3 is 0 Å². The Kier molecular flexibility index (Phi) is 5.05. The highest BCUT2D eigenvalue weighted by Gasteiger charge is 2.16. The summed E-state index contributed by atoms with van der Waals surface area (Å²) >= 11 is 5.04. The van der Waals surface area contributed by atoms with Crippen molar-refractivity contribution in [3.05, 3.63) is 63.7 Å². The first-order valence-corrected chi connectivity index (χ1v) is 9.50. The van der Waals surface area contributed by atoms with Crippen molar-refractivity contribution in [2.75, 3.05) is 19.6 Å². The van der Waals surface area contributed by atoms with Crippen LogP contribution in [0.5, 0.6) is 0 Å². The maximum atomic E-state index is 13.8. The molecule has 0 radical (unpaired) electrons. The van der Waals surface area contributed by atoms with E-state index in [1.54, 1.807) is 0 Å². The normalized spacial score (nSPS) is 14.3. The number of hydrogen-bond acceptors (Lipinski definition) is 3. The van der Waals surface area contributed by atoms with Crippen molar-refractivity contribution in [2.24, 2.45) is 0 Å². The number of H-pyrrole nitrogens is 2. The fourth-order valence-electron chi connectivity index (χ4n) is 3.63. The molecule has 0 saturated carbocycles. The van der Waals surface area contributed by atoms with E-state index in [-0.39, 0.29) is 11.5 Å². The van der Waals surface area contributed by atoms with E-state index in [0.717, 1.165) is 32.5 Å². The quantitative estimate of drug-likeness (QED) is 0.466. The maximum absolute atomic E-state index is 13.8. The minimum Gasteiger partial charge on any atom is -0.352 e. The predicted octanol–water partition coefficient (Wildman–Crippen LogP) is 3.54. The van der Waals surface area contributed by atoms with Crippen LogP contribution in [-0.4, -0.2) is 40.4 Å². The van der Waals surface area contributed by atoms with Gasteiger partial charge in [0.05, 0.1) is 16.6 Å². The zero-order valence-electron chi connectivity index (χ0n) is 14.8. The Balaban J connectivity index is 1.32. The number of halogens is 1. The largest absolute Gasteiger partial charge is 0.352 e. The number of rotatable bonds is 5. The van der Waals surface area contributed by atoms with Gasteiger partial charge in [-0.05, 0) is 48.3 Å². The zero-order valence-corrected chi connectivity index (χ0v) is 15.7. The minimum absolute atomic E-state index is 0.268. The summed E-state index contributed by atoms with van der Waals surface area (Å²) in [6.45, 7) is 3.45. The van der Waals surface area contributed by atoms with Gasteiger partial charge in [-0.25, -0.2) is 4.39 Å². The second kappa shape index (κ2) is 7.62. The van der Waals surface area contributed by atoms with Crippen LogP contribution < -0.4 is 5.32 Å². The number of fused-ring (bicyclic) bond motifs is 2. The third kappa shape index (κ3) is 3.94. The van der Waals surface area contributed by atoms with Gasteiger partial charge in [-0.15, -0.1) is 0 Å². The van der Waals surface area contributed by atoms with Gasteiger partial charge in [0.25, 0.3) is 5.91 Å². The molecule has 5 nitrogen and oxygen atoms in total. The lowest BCUT2D eigenvalue weighted by Crippen LogP contribution is -2.33. The molecule has 1 aromatic heterocycles. The molecule has 140 valence electrons. The number of nitrogens with zero attached hydrogens (tertiary/aromatic N) is 1. The van der Waals surface area contributed by atoms with Crippen LogP contribution in [-0.2, 0) is 13.0 Å². The molecule has 1 aliphatic heterocycles. The topological polar surface area (TPSA) is 63.9 Å². The number of nitrogens with one attached hydrogen (secondary N) is 3. The van der Waals surface area contributed by atoms with E-state index >= 15 is 0 Å². The average Bonchev–Trinajstić information content (AvgIpc) is 3.04. The van der Waals surface area contributed by atoms with E-state index in [1.165, 1.54) is 23.3 Å². The summed E-state index contributed by atoms with van der Waals surface area (Å²) in [6.07, 6.45) is 1.91. The van der Waals surface area contributed by atoms with E-state index < -0.39 is 5.82 Å². The molecule has 3 N–H and O–H groups in total. The Labute approximate surface area is 161 Å². The second-order valence-corrected chi connectivity index (χ2v) is 7.27. The van der Waals surface area contributed by atoms with Gasteiger partial charge in [0.1, 0.15) is 5.82 Å². The molecule has 0 unspecified atom stereocenters. The SMILES string of the molecule is O=C(NCCCN1CCc2ccccc2C1)c1cc(F)cc2[nH]c(=S)[nH]c12. The number of carbonyl (C=O) groups is 1. The van der Waals surface area contributed by atoms with E-state index in [4.69, 9.17) is 12.2 Å². The molecule has 0 atom stereocenters. The van der Waals surface area contributed by atoms with Gasteiger partial charge < -0.3 is 15.3 Å². The van der Waals surface area contributed by atoms with Crippen LogP contribution in [0.1, 0.15) is 27.9 Å². The molecule has 4 rings (SSSR count). The van der Waals surface area contributed by atoms with E-state index in [9.17, 15) is 9.18 Å². The summed E-state index contributed by atoms with van der Waals surface area (Å²) in [4.78, 5) is 20.6. The Morgan fingerprint density at radius 1 is 1.22 bits per heavy atom. The molecule has 2 aromatic carbocycles. The van der Waals surface area contributed by atoms with Gasteiger partial charge in [0.2, 0.25) is 0 Å². The highest BCUT2D eigenvalue weighted by molar-refractivity contribution is 7.71. The zero-order chi connectivity index (χ0) is 18.8. The molecule has 1 aliphatic rings. The number of benzene rings is 2. The predicted molar refractivity (Wildman–Crippen MR) is 106 cm³/mol. The number of aromatic nitrogens is 2. The molecule has 1 amide bonds. The summed E-state index contributed by atoms with van der Waals surface area (Å²) in [5.74, 6) is -0.765. The van der Waals surface area contributed by atoms with Crippen molar-refractivity contribution in [1.82, 2.24) is 20.2 Å². The average molecular weight is 384 g/mol. The van der Waals surface area contributed by atoms with Crippen LogP contribution in [0.3, 0.4) is 0 Å². The molecular formula is C20H21FN4OS. The van der Waals surface area contributed by atoms with E-state index in [0.29, 0.717) is 22.3 Å². The molecule has 0 bridgehead atoms. The lowest BCUT2D eigenvalue weighted by molar-refractivity contribution is 0.0952. The van der Waals surface area contributed by atoms with Gasteiger partial charge in [0.15, 0.2) is 4.77 Å². The summed E-state index contributed by atoms with van der Waals surface area (Å²) in [5.41, 5.74) is 4.12. The summed E-state index contributed by atoms with van der Waals surface area (Å²) in [7, 11) is 0. The summed E-state index contributed by atoms with van der Waals surface area (Å²) < 4.78 is 14.1. The smallest absolute Gasteiger partial charge is 0.253 e. The van der Waals surface area contributed by atoms with Crippen molar-refractivity contribution in [3.63, 3.8) is 0 Å². The third-order valence-electron chi connectivity index (χ3n) is 4.98. The number of hydrogen-bond donors (Lipinski definition) is 3. The summed E-state index contributed by atoms with van der Waals surface area (Å²) in [5, 5.41) is 2.89. The number of imidazole rings is 1. The maximum Gasteiger partial charge on any atom is 0.253 e. The van der Waals surface area contributed by atoms with Gasteiger partial charge in [-0.3, -0.25) is 9.69 Å². The minimum atomic E-state index is -0.468. The number of carbonyl (C=O) groups excluding carboxylic acids is 1. The van der Waals surface area contributed by atoms with Crippen LogP contribution in [0.4, 0.5) is 4.39 Å². The third-order valence-corrected chi connectivity index (χ3v) is 5.18. The molecule has 2 heterocycles. The van der Waals surface area contributed by atoms with E-state index in [1.807, 2.05) is 0 Å². The van der Waals surface area contributed by atoms with E-state index in [2.05, 4.69) is 44.5 Å². The Morgan fingerprint density at radius 3 is 2.89 bits per heavy atom. The van der Waals surface area contributed by atoms with Crippen LogP contribution in [0.2, 0.25) is 0 Å². The second-order valence-electron chi connectivity index (χ2n) is 6.86. The van der Waals surface area contributed by atoms with Gasteiger partial charge in [-0.1, -0.05) is 24.3 Å². The Hall–Kier alpha value is -2.51. The monoisotopic (exact) mass is 384 g/mol. The number of amides is 1. The first-order valence-electron chi connectivity index (χ1n) is 9.09. The van der Waals surface area contributed by atoms with Crippen LogP contribution >= 0.6 is 12.2 Å². The first-order chi connectivity index (χ1) is 13.1. The lowest BCUT2D eigenvalue weighted by atomic mass is 10.00. The first kappa shape index (κ1) is 17.9. The van der Waals surface area contributed by atoms with Crippen molar-refractivity contribution >= 4 is 29.2 Å². The fourth-order valence-corrected chi connectivity index (χ4v) is 3.84. The van der Waals surface area contributed by atoms with Crippen molar-refractivity contribution in [3.8, 4) is 0 Å². The van der Waals surface area contributed by atoms with Crippen LogP contribution in [0.25, 0.3) is 11.0 Å². The van der Waals surface area contributed by atoms with Crippen molar-refractivity contribution in [2.45, 2.75) is 19.4 Å². The van der Waals surface area contributed by atoms with Gasteiger partial charge in [-0.2, -0.15) is 0 Å². The molecule has 0 aliphatic carbocycles. The Bertz CT molecular complexity index is 1040. The highest BCUT2D eigenvalue weighted by atomic mass is 32.1. The van der Waals surface area contributed by atoms with Crippen LogP contribution in [0, 0.1) is 10.6 Å². The molecule has 27 heavy (non-hydrogen) atoms. The molecule has 0 spiro atoms. The van der Waals surface area contributed by atoms with Crippen molar-refractivity contribution in [1.29, 1.82) is 0 Å². The van der Waals surface area contributed by atoms with Gasteiger partial charge in [0, 0.05) is 26.2 Å². The summed E-state index contributed by atoms with van der Waals surface area (Å²) in [6, 6.07) is 11.1. The lowest BCUT2D eigenvalue weighted by Gasteiger charge is -2.28. The van der Waals surface area contributed by atoms with Crippen LogP contribution in [0.15, 0.2) is 36.4 Å². The molecule has 0 saturated heterocycles. The highest BCUT2D eigenvalue weighted by Crippen LogP contribution is 2.19. The number of aromatic amines is 2.